The minimum Gasteiger partial charge on any atom is -0.477 e. The average molecular weight is 154 g/mol. The molecule has 1 aliphatic heterocycles. The summed E-state index contributed by atoms with van der Waals surface area (Å²) in [6.45, 7) is 4.10. The Hall–Kier alpha value is -1.19. The molecule has 0 unspecified atom stereocenters. The molecule has 1 aliphatic rings. The Balaban J connectivity index is 2.71. The lowest BCUT2D eigenvalue weighted by atomic mass is 10.2. The summed E-state index contributed by atoms with van der Waals surface area (Å²) in [6.07, 6.45) is 0. The van der Waals surface area contributed by atoms with Crippen molar-refractivity contribution in [2.45, 2.75) is 13.8 Å². The first-order chi connectivity index (χ1) is 5.11. The fourth-order valence-corrected chi connectivity index (χ4v) is 0.792. The van der Waals surface area contributed by atoms with E-state index in [0.717, 1.165) is 0 Å². The Bertz CT molecular complexity index is 241. The summed E-state index contributed by atoms with van der Waals surface area (Å²) in [7, 11) is 0. The third-order valence-electron chi connectivity index (χ3n) is 1.40. The predicted octanol–water partition coefficient (Wildman–Crippen LogP) is 0.580. The van der Waals surface area contributed by atoms with E-state index in [-0.39, 0.29) is 18.2 Å². The van der Waals surface area contributed by atoms with E-state index in [0.29, 0.717) is 5.84 Å². The first-order valence-corrected chi connectivity index (χ1v) is 3.46. The Kier molecular flexibility index (Phi) is 2.03. The predicted molar refractivity (Wildman–Crippen MR) is 42.2 cm³/mol. The van der Waals surface area contributed by atoms with Gasteiger partial charge < -0.3 is 5.11 Å². The van der Waals surface area contributed by atoms with Gasteiger partial charge in [0, 0.05) is 5.92 Å². The third kappa shape index (κ3) is 1.63. The van der Waals surface area contributed by atoms with E-state index in [1.807, 2.05) is 13.8 Å². The Morgan fingerprint density at radius 3 is 2.55 bits per heavy atom. The van der Waals surface area contributed by atoms with Crippen molar-refractivity contribution >= 4 is 17.5 Å². The molecule has 0 spiro atoms. The molecule has 0 bridgehead atoms. The van der Waals surface area contributed by atoms with Crippen molar-refractivity contribution in [3.8, 4) is 0 Å². The molecule has 4 nitrogen and oxygen atoms in total. The van der Waals surface area contributed by atoms with Crippen LogP contribution in [0.1, 0.15) is 13.8 Å². The van der Waals surface area contributed by atoms with Gasteiger partial charge in [0.25, 0.3) is 0 Å². The normalized spacial score (nSPS) is 16.6. The van der Waals surface area contributed by atoms with E-state index in [1.54, 1.807) is 0 Å². The molecule has 11 heavy (non-hydrogen) atoms. The molecular formula is C7H10N2O2. The van der Waals surface area contributed by atoms with Gasteiger partial charge in [-0.1, -0.05) is 13.8 Å². The zero-order valence-corrected chi connectivity index (χ0v) is 6.53. The second kappa shape index (κ2) is 2.82. The van der Waals surface area contributed by atoms with Crippen LogP contribution in [0.5, 0.6) is 0 Å². The summed E-state index contributed by atoms with van der Waals surface area (Å²) >= 11 is 0. The average Bonchev–Trinajstić information content (AvgIpc) is 2.33. The lowest BCUT2D eigenvalue weighted by Gasteiger charge is -1.97. The summed E-state index contributed by atoms with van der Waals surface area (Å²) in [6, 6.07) is 0. The van der Waals surface area contributed by atoms with Crippen LogP contribution in [-0.4, -0.2) is 29.2 Å². The molecule has 0 aromatic heterocycles. The minimum absolute atomic E-state index is 0.147. The first-order valence-electron chi connectivity index (χ1n) is 3.46. The van der Waals surface area contributed by atoms with Gasteiger partial charge in [0.05, 0.1) is 6.54 Å². The fourth-order valence-electron chi connectivity index (χ4n) is 0.792. The molecule has 0 saturated carbocycles. The fraction of sp³-hybridized carbons (Fsp3) is 0.571. The highest BCUT2D eigenvalue weighted by Gasteiger charge is 2.17. The number of amidine groups is 1. The van der Waals surface area contributed by atoms with Crippen LogP contribution in [0.2, 0.25) is 0 Å². The Morgan fingerprint density at radius 2 is 2.27 bits per heavy atom. The number of aliphatic carboxylic acids is 1. The van der Waals surface area contributed by atoms with Crippen molar-refractivity contribution in [3.05, 3.63) is 0 Å². The number of hydrogen-bond acceptors (Lipinski definition) is 3. The molecule has 0 aromatic rings. The van der Waals surface area contributed by atoms with E-state index in [1.165, 1.54) is 0 Å². The topological polar surface area (TPSA) is 62.0 Å². The van der Waals surface area contributed by atoms with Gasteiger partial charge in [-0.3, -0.25) is 4.99 Å². The zero-order valence-electron chi connectivity index (χ0n) is 6.53. The molecule has 0 aliphatic carbocycles. The molecule has 0 radical (unpaired) electrons. The number of rotatable bonds is 2. The van der Waals surface area contributed by atoms with Gasteiger partial charge in [0.15, 0.2) is 0 Å². The van der Waals surface area contributed by atoms with Gasteiger partial charge in [-0.25, -0.2) is 9.79 Å². The van der Waals surface area contributed by atoms with E-state index in [4.69, 9.17) is 5.11 Å². The highest BCUT2D eigenvalue weighted by Crippen LogP contribution is 2.05. The molecule has 1 rings (SSSR count). The third-order valence-corrected chi connectivity index (χ3v) is 1.40. The number of carboxylic acid groups (broad SMARTS) is 1. The maximum absolute atomic E-state index is 10.4. The van der Waals surface area contributed by atoms with Gasteiger partial charge >= 0.3 is 5.97 Å². The summed E-state index contributed by atoms with van der Waals surface area (Å²) in [5, 5.41) is 8.51. The maximum Gasteiger partial charge on any atom is 0.352 e. The van der Waals surface area contributed by atoms with Crippen molar-refractivity contribution < 1.29 is 9.90 Å². The largest absolute Gasteiger partial charge is 0.477 e. The van der Waals surface area contributed by atoms with Crippen LogP contribution in [0, 0.1) is 5.92 Å². The van der Waals surface area contributed by atoms with E-state index in [9.17, 15) is 4.79 Å². The number of nitrogens with zero attached hydrogens (tertiary/aromatic N) is 2. The van der Waals surface area contributed by atoms with Gasteiger partial charge in [-0.2, -0.15) is 0 Å². The summed E-state index contributed by atoms with van der Waals surface area (Å²) in [4.78, 5) is 18.2. The minimum atomic E-state index is -0.968. The molecule has 0 saturated heterocycles. The van der Waals surface area contributed by atoms with E-state index < -0.39 is 5.97 Å². The van der Waals surface area contributed by atoms with Crippen molar-refractivity contribution in [2.24, 2.45) is 15.9 Å². The number of hydrogen-bond donors (Lipinski definition) is 1. The highest BCUT2D eigenvalue weighted by atomic mass is 16.4. The smallest absolute Gasteiger partial charge is 0.352 e. The number of carboxylic acids is 1. The van der Waals surface area contributed by atoms with Crippen molar-refractivity contribution in [1.82, 2.24) is 0 Å². The second-order valence-electron chi connectivity index (χ2n) is 2.69. The van der Waals surface area contributed by atoms with Crippen molar-refractivity contribution in [2.75, 3.05) is 6.54 Å². The molecule has 4 heteroatoms. The Morgan fingerprint density at radius 1 is 1.64 bits per heavy atom. The van der Waals surface area contributed by atoms with Crippen LogP contribution < -0.4 is 0 Å². The summed E-state index contributed by atoms with van der Waals surface area (Å²) < 4.78 is 0. The van der Waals surface area contributed by atoms with E-state index in [2.05, 4.69) is 9.98 Å². The Labute approximate surface area is 64.7 Å². The maximum atomic E-state index is 10.4. The van der Waals surface area contributed by atoms with Crippen LogP contribution >= 0.6 is 0 Å². The highest BCUT2D eigenvalue weighted by molar-refractivity contribution is 6.39. The van der Waals surface area contributed by atoms with Crippen LogP contribution in [0.25, 0.3) is 0 Å². The SMILES string of the molecule is CC(C)C1=NCC(C(=O)O)=N1. The van der Waals surface area contributed by atoms with Crippen LogP contribution in [0.15, 0.2) is 9.98 Å². The molecule has 0 aromatic carbocycles. The monoisotopic (exact) mass is 154 g/mol. The lowest BCUT2D eigenvalue weighted by Crippen LogP contribution is -2.13. The molecule has 1 heterocycles. The van der Waals surface area contributed by atoms with Gasteiger partial charge in [0.2, 0.25) is 0 Å². The van der Waals surface area contributed by atoms with Gasteiger partial charge in [0.1, 0.15) is 11.5 Å². The van der Waals surface area contributed by atoms with Crippen LogP contribution in [-0.2, 0) is 4.79 Å². The quantitative estimate of drug-likeness (QED) is 0.632. The summed E-state index contributed by atoms with van der Waals surface area (Å²) in [5.74, 6) is -0.112. The van der Waals surface area contributed by atoms with Crippen LogP contribution in [0.4, 0.5) is 0 Å². The van der Waals surface area contributed by atoms with Gasteiger partial charge in [-0.05, 0) is 0 Å². The first kappa shape index (κ1) is 7.91. The van der Waals surface area contributed by atoms with E-state index >= 15 is 0 Å². The molecule has 60 valence electrons. The number of aliphatic imine (C=N–C) groups is 2. The summed E-state index contributed by atoms with van der Waals surface area (Å²) in [5.41, 5.74) is 0.147. The zero-order chi connectivity index (χ0) is 8.43. The molecule has 1 N–H and O–H groups in total. The van der Waals surface area contributed by atoms with Gasteiger partial charge in [-0.15, -0.1) is 0 Å². The standard InChI is InChI=1S/C7H10N2O2/c1-4(2)6-8-3-5(9-6)7(10)11/h4H,3H2,1-2H3,(H,10,11). The second-order valence-corrected chi connectivity index (χ2v) is 2.69. The lowest BCUT2D eigenvalue weighted by molar-refractivity contribution is -0.129. The van der Waals surface area contributed by atoms with Crippen molar-refractivity contribution in [1.29, 1.82) is 0 Å². The molecule has 0 atom stereocenters. The number of carbonyl (C=O) groups is 1. The van der Waals surface area contributed by atoms with Crippen LogP contribution in [0.3, 0.4) is 0 Å². The van der Waals surface area contributed by atoms with Crippen molar-refractivity contribution in [3.63, 3.8) is 0 Å². The molecular weight excluding hydrogens is 144 g/mol. The molecule has 0 fully saturated rings. The molecule has 0 amide bonds.